The molecule has 1 atom stereocenters. The van der Waals surface area contributed by atoms with Gasteiger partial charge in [-0.1, -0.05) is 35.5 Å². The molecule has 5 heteroatoms. The van der Waals surface area contributed by atoms with E-state index in [-0.39, 0.29) is 0 Å². The average molecular weight is 285 g/mol. The molecule has 0 bridgehead atoms. The Morgan fingerprint density at radius 2 is 2.05 bits per heavy atom. The second-order valence-corrected chi connectivity index (χ2v) is 6.09. The highest BCUT2D eigenvalue weighted by Crippen LogP contribution is 2.39. The van der Waals surface area contributed by atoms with Crippen molar-refractivity contribution in [3.05, 3.63) is 30.3 Å². The maximum absolute atomic E-state index is 5.60. The molecule has 0 aliphatic carbocycles. The van der Waals surface area contributed by atoms with Gasteiger partial charge >= 0.3 is 6.01 Å². The lowest BCUT2D eigenvalue weighted by atomic mass is 9.79. The molecule has 2 aliphatic rings. The highest BCUT2D eigenvalue weighted by molar-refractivity contribution is 5.55. The van der Waals surface area contributed by atoms with Crippen molar-refractivity contribution in [2.45, 2.75) is 19.3 Å². The third-order valence-corrected chi connectivity index (χ3v) is 4.56. The SMILES string of the molecule is c1ccc(-c2noc(N3CCC[C@]4(CCOC4)C3)n2)cc1. The van der Waals surface area contributed by atoms with Crippen molar-refractivity contribution in [2.24, 2.45) is 5.41 Å². The first-order chi connectivity index (χ1) is 10.3. The van der Waals surface area contributed by atoms with Gasteiger partial charge in [0.2, 0.25) is 5.82 Å². The molecule has 4 rings (SSSR count). The van der Waals surface area contributed by atoms with Crippen LogP contribution in [0.1, 0.15) is 19.3 Å². The second-order valence-electron chi connectivity index (χ2n) is 6.09. The first kappa shape index (κ1) is 12.8. The number of rotatable bonds is 2. The Labute approximate surface area is 123 Å². The molecular weight excluding hydrogens is 266 g/mol. The Balaban J connectivity index is 1.55. The molecule has 2 saturated heterocycles. The van der Waals surface area contributed by atoms with Crippen LogP contribution in [0.2, 0.25) is 0 Å². The number of aromatic nitrogens is 2. The fraction of sp³-hybridized carbons (Fsp3) is 0.500. The lowest BCUT2D eigenvalue weighted by Gasteiger charge is -2.38. The van der Waals surface area contributed by atoms with Crippen LogP contribution in [0, 0.1) is 5.41 Å². The first-order valence-corrected chi connectivity index (χ1v) is 7.57. The summed E-state index contributed by atoms with van der Waals surface area (Å²) >= 11 is 0. The Bertz CT molecular complexity index is 605. The Hall–Kier alpha value is -1.88. The highest BCUT2D eigenvalue weighted by atomic mass is 16.5. The van der Waals surface area contributed by atoms with Gasteiger partial charge in [0.25, 0.3) is 0 Å². The van der Waals surface area contributed by atoms with Crippen molar-refractivity contribution in [1.82, 2.24) is 10.1 Å². The maximum Gasteiger partial charge on any atom is 0.324 e. The van der Waals surface area contributed by atoms with Gasteiger partial charge in [-0.05, 0) is 19.3 Å². The van der Waals surface area contributed by atoms with Crippen molar-refractivity contribution < 1.29 is 9.26 Å². The largest absolute Gasteiger partial charge is 0.381 e. The van der Waals surface area contributed by atoms with E-state index >= 15 is 0 Å². The van der Waals surface area contributed by atoms with Crippen molar-refractivity contribution in [1.29, 1.82) is 0 Å². The van der Waals surface area contributed by atoms with Crippen molar-refractivity contribution in [3.8, 4) is 11.4 Å². The number of benzene rings is 1. The molecular formula is C16H19N3O2. The molecule has 0 radical (unpaired) electrons. The monoisotopic (exact) mass is 285 g/mol. The standard InChI is InChI=1S/C16H19N3O2/c1-2-5-13(6-3-1)14-17-15(21-18-14)19-9-4-7-16(11-19)8-10-20-12-16/h1-3,5-6H,4,7-12H2/t16-/m0/s1. The van der Waals surface area contributed by atoms with Crippen molar-refractivity contribution >= 4 is 6.01 Å². The molecule has 2 fully saturated rings. The molecule has 1 spiro atoms. The molecule has 110 valence electrons. The van der Waals surface area contributed by atoms with Gasteiger partial charge < -0.3 is 14.2 Å². The molecule has 5 nitrogen and oxygen atoms in total. The topological polar surface area (TPSA) is 51.4 Å². The molecule has 1 aromatic carbocycles. The van der Waals surface area contributed by atoms with Gasteiger partial charge in [0, 0.05) is 30.7 Å². The maximum atomic E-state index is 5.60. The van der Waals surface area contributed by atoms with Crippen molar-refractivity contribution in [2.75, 3.05) is 31.2 Å². The quantitative estimate of drug-likeness (QED) is 0.849. The summed E-state index contributed by atoms with van der Waals surface area (Å²) in [5.41, 5.74) is 1.28. The van der Waals surface area contributed by atoms with E-state index in [0.29, 0.717) is 17.3 Å². The molecule has 1 aromatic heterocycles. The minimum Gasteiger partial charge on any atom is -0.381 e. The zero-order valence-electron chi connectivity index (χ0n) is 12.0. The fourth-order valence-corrected chi connectivity index (χ4v) is 3.39. The number of hydrogen-bond acceptors (Lipinski definition) is 5. The number of anilines is 1. The molecule has 3 heterocycles. The smallest absolute Gasteiger partial charge is 0.324 e. The Kier molecular flexibility index (Phi) is 3.15. The third kappa shape index (κ3) is 2.42. The average Bonchev–Trinajstić information content (AvgIpc) is 3.18. The van der Waals surface area contributed by atoms with E-state index in [4.69, 9.17) is 9.26 Å². The zero-order chi connectivity index (χ0) is 14.1. The number of hydrogen-bond donors (Lipinski definition) is 0. The molecule has 2 aromatic rings. The number of ether oxygens (including phenoxy) is 1. The summed E-state index contributed by atoms with van der Waals surface area (Å²) in [7, 11) is 0. The van der Waals surface area contributed by atoms with Crippen LogP contribution in [0.5, 0.6) is 0 Å². The summed E-state index contributed by atoms with van der Waals surface area (Å²) in [6.45, 7) is 3.69. The summed E-state index contributed by atoms with van der Waals surface area (Å²) in [5.74, 6) is 0.660. The minimum atomic E-state index is 0.291. The summed E-state index contributed by atoms with van der Waals surface area (Å²) in [6, 6.07) is 10.6. The molecule has 0 N–H and O–H groups in total. The van der Waals surface area contributed by atoms with Crippen LogP contribution in [0.15, 0.2) is 34.9 Å². The van der Waals surface area contributed by atoms with Crippen LogP contribution in [-0.2, 0) is 4.74 Å². The van der Waals surface area contributed by atoms with E-state index in [2.05, 4.69) is 15.0 Å². The zero-order valence-corrected chi connectivity index (χ0v) is 12.0. The van der Waals surface area contributed by atoms with Gasteiger partial charge in [0.05, 0.1) is 6.61 Å². The van der Waals surface area contributed by atoms with Gasteiger partial charge in [-0.3, -0.25) is 0 Å². The minimum absolute atomic E-state index is 0.291. The van der Waals surface area contributed by atoms with Gasteiger partial charge in [0.1, 0.15) is 0 Å². The predicted octanol–water partition coefficient (Wildman–Crippen LogP) is 2.74. The Morgan fingerprint density at radius 3 is 2.86 bits per heavy atom. The molecule has 0 amide bonds. The summed E-state index contributed by atoms with van der Waals surface area (Å²) in [6.07, 6.45) is 3.54. The lowest BCUT2D eigenvalue weighted by molar-refractivity contribution is 0.137. The van der Waals surface area contributed by atoms with Crippen LogP contribution in [0.25, 0.3) is 11.4 Å². The lowest BCUT2D eigenvalue weighted by Crippen LogP contribution is -2.43. The van der Waals surface area contributed by atoms with Gasteiger partial charge in [-0.25, -0.2) is 0 Å². The van der Waals surface area contributed by atoms with Gasteiger partial charge in [0.15, 0.2) is 0 Å². The molecule has 2 aliphatic heterocycles. The van der Waals surface area contributed by atoms with E-state index in [1.54, 1.807) is 0 Å². The van der Waals surface area contributed by atoms with E-state index in [1.165, 1.54) is 6.42 Å². The van der Waals surface area contributed by atoms with E-state index in [1.807, 2.05) is 30.3 Å². The van der Waals surface area contributed by atoms with Crippen LogP contribution < -0.4 is 4.90 Å². The molecule has 0 saturated carbocycles. The number of piperidine rings is 1. The molecule has 21 heavy (non-hydrogen) atoms. The normalized spacial score (nSPS) is 25.6. The first-order valence-electron chi connectivity index (χ1n) is 7.57. The van der Waals surface area contributed by atoms with E-state index in [9.17, 15) is 0 Å². The van der Waals surface area contributed by atoms with E-state index in [0.717, 1.165) is 44.7 Å². The van der Waals surface area contributed by atoms with Crippen LogP contribution in [-0.4, -0.2) is 36.4 Å². The molecule has 0 unspecified atom stereocenters. The summed E-state index contributed by atoms with van der Waals surface area (Å²) in [4.78, 5) is 6.79. The predicted molar refractivity (Wildman–Crippen MR) is 79.1 cm³/mol. The van der Waals surface area contributed by atoms with Gasteiger partial charge in [-0.15, -0.1) is 0 Å². The van der Waals surface area contributed by atoms with E-state index < -0.39 is 0 Å². The van der Waals surface area contributed by atoms with Crippen LogP contribution in [0.4, 0.5) is 6.01 Å². The van der Waals surface area contributed by atoms with Gasteiger partial charge in [-0.2, -0.15) is 4.98 Å². The highest BCUT2D eigenvalue weighted by Gasteiger charge is 2.40. The summed E-state index contributed by atoms with van der Waals surface area (Å²) in [5, 5.41) is 4.12. The third-order valence-electron chi connectivity index (χ3n) is 4.56. The van der Waals surface area contributed by atoms with Crippen LogP contribution >= 0.6 is 0 Å². The Morgan fingerprint density at radius 1 is 1.14 bits per heavy atom. The number of nitrogens with zero attached hydrogens (tertiary/aromatic N) is 3. The second kappa shape index (κ2) is 5.15. The summed E-state index contributed by atoms with van der Waals surface area (Å²) < 4.78 is 11.1. The van der Waals surface area contributed by atoms with Crippen LogP contribution in [0.3, 0.4) is 0 Å². The fourth-order valence-electron chi connectivity index (χ4n) is 3.39. The van der Waals surface area contributed by atoms with Crippen molar-refractivity contribution in [3.63, 3.8) is 0 Å².